The van der Waals surface area contributed by atoms with E-state index in [1.807, 2.05) is 30.3 Å². The maximum absolute atomic E-state index is 12.4. The summed E-state index contributed by atoms with van der Waals surface area (Å²) in [5.74, 6) is -1.22. The van der Waals surface area contributed by atoms with Crippen molar-refractivity contribution in [2.75, 3.05) is 17.7 Å². The monoisotopic (exact) mass is 456 g/mol. The van der Waals surface area contributed by atoms with Crippen LogP contribution in [0, 0.1) is 10.1 Å². The minimum atomic E-state index is -1.20. The third-order valence-corrected chi connectivity index (χ3v) is 5.11. The van der Waals surface area contributed by atoms with Crippen LogP contribution in [-0.4, -0.2) is 35.0 Å². The summed E-state index contributed by atoms with van der Waals surface area (Å²) in [6.45, 7) is 1.91. The number of nitro benzene ring substituents is 1. The van der Waals surface area contributed by atoms with Crippen LogP contribution in [-0.2, 0) is 16.1 Å². The van der Waals surface area contributed by atoms with Crippen LogP contribution in [0.25, 0.3) is 0 Å². The van der Waals surface area contributed by atoms with Gasteiger partial charge in [0.2, 0.25) is 0 Å². The Kier molecular flexibility index (Phi) is 7.34. The molecule has 0 saturated carbocycles. The van der Waals surface area contributed by atoms with Crippen molar-refractivity contribution in [3.05, 3.63) is 75.3 Å². The molecule has 0 spiro atoms. The van der Waals surface area contributed by atoms with Crippen molar-refractivity contribution in [3.8, 4) is 5.75 Å². The Morgan fingerprint density at radius 2 is 1.97 bits per heavy atom. The van der Waals surface area contributed by atoms with Crippen LogP contribution in [0.4, 0.5) is 16.5 Å². The van der Waals surface area contributed by atoms with Crippen molar-refractivity contribution in [1.82, 2.24) is 4.98 Å². The Bertz CT molecular complexity index is 1120. The summed E-state index contributed by atoms with van der Waals surface area (Å²) in [5.41, 5.74) is 0.736. The maximum atomic E-state index is 12.4. The first-order valence-electron chi connectivity index (χ1n) is 9.45. The first kappa shape index (κ1) is 22.7. The predicted molar refractivity (Wildman–Crippen MR) is 119 cm³/mol. The van der Waals surface area contributed by atoms with Gasteiger partial charge in [-0.15, -0.1) is 11.3 Å². The molecule has 1 aromatic heterocycles. The topological polar surface area (TPSA) is 133 Å². The number of anilines is 2. The highest BCUT2D eigenvalue weighted by Crippen LogP contribution is 2.29. The summed E-state index contributed by atoms with van der Waals surface area (Å²) < 4.78 is 10.1. The lowest BCUT2D eigenvalue weighted by atomic mass is 10.2. The highest BCUT2D eigenvalue weighted by atomic mass is 32.1. The summed E-state index contributed by atoms with van der Waals surface area (Å²) >= 11 is 1.23. The molecule has 10 nitrogen and oxygen atoms in total. The van der Waals surface area contributed by atoms with E-state index < -0.39 is 22.9 Å². The highest BCUT2D eigenvalue weighted by molar-refractivity contribution is 7.13. The average molecular weight is 456 g/mol. The number of ether oxygens (including phenoxy) is 2. The molecular formula is C21H20N4O6S. The van der Waals surface area contributed by atoms with Gasteiger partial charge in [-0.3, -0.25) is 14.9 Å². The van der Waals surface area contributed by atoms with E-state index in [4.69, 9.17) is 9.47 Å². The van der Waals surface area contributed by atoms with E-state index >= 15 is 0 Å². The number of nitrogens with zero attached hydrogens (tertiary/aromatic N) is 2. The number of methoxy groups -OCH3 is 1. The van der Waals surface area contributed by atoms with Gasteiger partial charge >= 0.3 is 5.97 Å². The molecule has 0 fully saturated rings. The van der Waals surface area contributed by atoms with Gasteiger partial charge in [0.1, 0.15) is 11.4 Å². The van der Waals surface area contributed by atoms with E-state index in [0.717, 1.165) is 5.56 Å². The first-order valence-corrected chi connectivity index (χ1v) is 10.3. The van der Waals surface area contributed by atoms with Gasteiger partial charge in [0.25, 0.3) is 11.6 Å². The molecule has 1 unspecified atom stereocenters. The Morgan fingerprint density at radius 3 is 2.66 bits per heavy atom. The van der Waals surface area contributed by atoms with Crippen LogP contribution in [0.3, 0.4) is 0 Å². The second-order valence-electron chi connectivity index (χ2n) is 6.55. The van der Waals surface area contributed by atoms with Crippen LogP contribution >= 0.6 is 11.3 Å². The van der Waals surface area contributed by atoms with Crippen LogP contribution in [0.5, 0.6) is 5.75 Å². The second kappa shape index (κ2) is 10.4. The molecule has 1 heterocycles. The van der Waals surface area contributed by atoms with E-state index in [2.05, 4.69) is 15.6 Å². The number of rotatable bonds is 9. The standard InChI is InChI=1S/C21H20N4O6S/c1-13(19(26)23-16-9-8-15(30-2)10-18(16)25(28)29)31-20(27)17-12-32-21(24-17)22-11-14-6-4-3-5-7-14/h3-10,12-13H,11H2,1-2H3,(H,22,24)(H,23,26). The SMILES string of the molecule is COc1ccc(NC(=O)C(C)OC(=O)c2csc(NCc3ccccc3)n2)c([N+](=O)[O-])c1. The molecule has 0 aliphatic carbocycles. The van der Waals surface area contributed by atoms with Crippen LogP contribution in [0.2, 0.25) is 0 Å². The number of amides is 1. The molecule has 2 N–H and O–H groups in total. The number of carbonyl (C=O) groups is 2. The Morgan fingerprint density at radius 1 is 1.22 bits per heavy atom. The van der Waals surface area contributed by atoms with E-state index in [1.165, 1.54) is 48.9 Å². The third kappa shape index (κ3) is 5.79. The lowest BCUT2D eigenvalue weighted by Gasteiger charge is -2.13. The van der Waals surface area contributed by atoms with Gasteiger partial charge in [-0.25, -0.2) is 9.78 Å². The summed E-state index contributed by atoms with van der Waals surface area (Å²) in [7, 11) is 1.37. The van der Waals surface area contributed by atoms with Crippen molar-refractivity contribution in [2.24, 2.45) is 0 Å². The molecule has 3 aromatic rings. The quantitative estimate of drug-likeness (QED) is 0.282. The Balaban J connectivity index is 1.58. The molecule has 0 aliphatic heterocycles. The fourth-order valence-corrected chi connectivity index (χ4v) is 3.30. The van der Waals surface area contributed by atoms with Crippen molar-refractivity contribution in [1.29, 1.82) is 0 Å². The van der Waals surface area contributed by atoms with Gasteiger partial charge < -0.3 is 20.1 Å². The van der Waals surface area contributed by atoms with Gasteiger partial charge in [0.05, 0.1) is 18.1 Å². The lowest BCUT2D eigenvalue weighted by Crippen LogP contribution is -2.30. The zero-order chi connectivity index (χ0) is 23.1. The van der Waals surface area contributed by atoms with Crippen LogP contribution < -0.4 is 15.4 Å². The molecule has 11 heteroatoms. The number of benzene rings is 2. The number of hydrogen-bond acceptors (Lipinski definition) is 9. The average Bonchev–Trinajstić information content (AvgIpc) is 3.27. The van der Waals surface area contributed by atoms with E-state index in [9.17, 15) is 19.7 Å². The predicted octanol–water partition coefficient (Wildman–Crippen LogP) is 3.86. The van der Waals surface area contributed by atoms with Gasteiger partial charge in [-0.2, -0.15) is 0 Å². The molecule has 32 heavy (non-hydrogen) atoms. The van der Waals surface area contributed by atoms with E-state index in [-0.39, 0.29) is 22.8 Å². The fourth-order valence-electron chi connectivity index (χ4n) is 2.63. The summed E-state index contributed by atoms with van der Waals surface area (Å²) in [5, 5.41) is 18.8. The number of aromatic nitrogens is 1. The molecule has 2 aromatic carbocycles. The molecular weight excluding hydrogens is 436 g/mol. The van der Waals surface area contributed by atoms with Crippen molar-refractivity contribution >= 4 is 39.7 Å². The first-order chi connectivity index (χ1) is 15.4. The van der Waals surface area contributed by atoms with Gasteiger partial charge in [-0.05, 0) is 24.6 Å². The summed E-state index contributed by atoms with van der Waals surface area (Å²) in [6, 6.07) is 13.7. The Hall–Kier alpha value is -3.99. The second-order valence-corrected chi connectivity index (χ2v) is 7.41. The number of thiazole rings is 1. The Labute approximate surface area is 187 Å². The molecule has 0 radical (unpaired) electrons. The number of hydrogen-bond donors (Lipinski definition) is 2. The van der Waals surface area contributed by atoms with Crippen molar-refractivity contribution in [2.45, 2.75) is 19.6 Å². The van der Waals surface area contributed by atoms with E-state index in [0.29, 0.717) is 11.7 Å². The maximum Gasteiger partial charge on any atom is 0.358 e. The number of carbonyl (C=O) groups excluding carboxylic acids is 2. The minimum absolute atomic E-state index is 0.0373. The number of nitrogens with one attached hydrogen (secondary N) is 2. The zero-order valence-electron chi connectivity index (χ0n) is 17.2. The molecule has 0 aliphatic rings. The van der Waals surface area contributed by atoms with Gasteiger partial charge in [0, 0.05) is 11.9 Å². The summed E-state index contributed by atoms with van der Waals surface area (Å²) in [4.78, 5) is 39.5. The van der Waals surface area contributed by atoms with Crippen LogP contribution in [0.15, 0.2) is 53.9 Å². The highest BCUT2D eigenvalue weighted by Gasteiger charge is 2.24. The molecule has 1 amide bonds. The molecule has 0 saturated heterocycles. The van der Waals surface area contributed by atoms with Crippen molar-refractivity contribution < 1.29 is 24.0 Å². The summed E-state index contributed by atoms with van der Waals surface area (Å²) in [6.07, 6.45) is -1.20. The van der Waals surface area contributed by atoms with Crippen molar-refractivity contribution in [3.63, 3.8) is 0 Å². The van der Waals surface area contributed by atoms with Crippen LogP contribution in [0.1, 0.15) is 23.0 Å². The zero-order valence-corrected chi connectivity index (χ0v) is 18.0. The van der Waals surface area contributed by atoms with Gasteiger partial charge in [-0.1, -0.05) is 30.3 Å². The van der Waals surface area contributed by atoms with Gasteiger partial charge in [0.15, 0.2) is 16.9 Å². The molecule has 1 atom stereocenters. The molecule has 3 rings (SSSR count). The third-order valence-electron chi connectivity index (χ3n) is 4.31. The lowest BCUT2D eigenvalue weighted by molar-refractivity contribution is -0.384. The fraction of sp³-hybridized carbons (Fsp3) is 0.190. The number of esters is 1. The minimum Gasteiger partial charge on any atom is -0.496 e. The number of nitro groups is 1. The smallest absolute Gasteiger partial charge is 0.358 e. The van der Waals surface area contributed by atoms with E-state index in [1.54, 1.807) is 0 Å². The normalized spacial score (nSPS) is 11.3. The molecule has 0 bridgehead atoms. The molecule has 166 valence electrons. The largest absolute Gasteiger partial charge is 0.496 e.